The number of hydrogen-bond acceptors (Lipinski definition) is 3. The highest BCUT2D eigenvalue weighted by atomic mass is 35.5. The predicted octanol–water partition coefficient (Wildman–Crippen LogP) is 0.893. The lowest BCUT2D eigenvalue weighted by Gasteiger charge is -2.25. The topological polar surface area (TPSA) is 54.0 Å². The van der Waals surface area contributed by atoms with E-state index in [2.05, 4.69) is 15.6 Å². The van der Waals surface area contributed by atoms with Crippen LogP contribution in [-0.4, -0.2) is 24.0 Å². The molecule has 4 nitrogen and oxygen atoms in total. The lowest BCUT2D eigenvalue weighted by Crippen LogP contribution is -2.48. The summed E-state index contributed by atoms with van der Waals surface area (Å²) < 4.78 is 0. The van der Waals surface area contributed by atoms with Gasteiger partial charge in [-0.05, 0) is 12.1 Å². The number of anilines is 1. The largest absolute Gasteiger partial charge is 0.315 e. The number of amides is 1. The normalized spacial score (nSPS) is 16.1. The molecular weight excluding hydrogens is 202 g/mol. The predicted molar refractivity (Wildman–Crippen MR) is 54.2 cm³/mol. The van der Waals surface area contributed by atoms with Crippen LogP contribution in [-0.2, 0) is 4.79 Å². The first kappa shape index (κ1) is 9.43. The van der Waals surface area contributed by atoms with Crippen molar-refractivity contribution in [2.24, 2.45) is 5.92 Å². The molecule has 1 amide bonds. The summed E-state index contributed by atoms with van der Waals surface area (Å²) in [6.45, 7) is 1.50. The molecule has 14 heavy (non-hydrogen) atoms. The molecule has 2 N–H and O–H groups in total. The molecule has 1 saturated heterocycles. The van der Waals surface area contributed by atoms with Crippen molar-refractivity contribution in [3.05, 3.63) is 23.4 Å². The Bertz CT molecular complexity index is 334. The van der Waals surface area contributed by atoms with Gasteiger partial charge in [0.1, 0.15) is 5.82 Å². The molecule has 1 aliphatic rings. The van der Waals surface area contributed by atoms with E-state index in [0.717, 1.165) is 13.1 Å². The lowest BCUT2D eigenvalue weighted by atomic mass is 10.0. The van der Waals surface area contributed by atoms with Crippen molar-refractivity contribution in [1.29, 1.82) is 0 Å². The van der Waals surface area contributed by atoms with Gasteiger partial charge in [0.2, 0.25) is 5.91 Å². The minimum absolute atomic E-state index is 0.0126. The highest BCUT2D eigenvalue weighted by Crippen LogP contribution is 2.11. The van der Waals surface area contributed by atoms with E-state index < -0.39 is 0 Å². The third-order valence-corrected chi connectivity index (χ3v) is 2.35. The second kappa shape index (κ2) is 3.94. The quantitative estimate of drug-likeness (QED) is 0.764. The van der Waals surface area contributed by atoms with Crippen LogP contribution >= 0.6 is 11.6 Å². The number of aromatic nitrogens is 1. The van der Waals surface area contributed by atoms with Crippen molar-refractivity contribution in [3.63, 3.8) is 0 Å². The van der Waals surface area contributed by atoms with Gasteiger partial charge in [0.15, 0.2) is 0 Å². The van der Waals surface area contributed by atoms with Crippen LogP contribution in [0.4, 0.5) is 5.82 Å². The summed E-state index contributed by atoms with van der Waals surface area (Å²) in [5.74, 6) is 0.636. The van der Waals surface area contributed by atoms with Gasteiger partial charge in [-0.25, -0.2) is 4.98 Å². The number of halogens is 1. The number of nitrogens with one attached hydrogen (secondary N) is 2. The fourth-order valence-electron chi connectivity index (χ4n) is 1.15. The summed E-state index contributed by atoms with van der Waals surface area (Å²) >= 11 is 5.66. The zero-order valence-corrected chi connectivity index (χ0v) is 8.21. The fraction of sp³-hybridized carbons (Fsp3) is 0.333. The fourth-order valence-corrected chi connectivity index (χ4v) is 1.26. The van der Waals surface area contributed by atoms with Gasteiger partial charge < -0.3 is 10.6 Å². The van der Waals surface area contributed by atoms with Crippen molar-refractivity contribution < 1.29 is 4.79 Å². The second-order valence-electron chi connectivity index (χ2n) is 3.21. The van der Waals surface area contributed by atoms with Gasteiger partial charge in [-0.3, -0.25) is 4.79 Å². The molecule has 1 aromatic rings. The number of pyridine rings is 1. The molecule has 1 aromatic heterocycles. The zero-order chi connectivity index (χ0) is 9.97. The van der Waals surface area contributed by atoms with Crippen molar-refractivity contribution in [3.8, 4) is 0 Å². The molecule has 0 unspecified atom stereocenters. The summed E-state index contributed by atoms with van der Waals surface area (Å²) in [7, 11) is 0. The Balaban J connectivity index is 1.96. The maximum Gasteiger partial charge on any atom is 0.231 e. The molecular formula is C9H10ClN3O. The standard InChI is InChI=1S/C9H10ClN3O/c10-7-1-2-8(12-5-7)13-9(14)6-3-11-4-6/h1-2,5-6,11H,3-4H2,(H,12,13,14). The van der Waals surface area contributed by atoms with Crippen LogP contribution in [0.1, 0.15) is 0 Å². The van der Waals surface area contributed by atoms with Gasteiger partial charge in [0.25, 0.3) is 0 Å². The van der Waals surface area contributed by atoms with Gasteiger partial charge in [-0.15, -0.1) is 0 Å². The third kappa shape index (κ3) is 2.02. The minimum atomic E-state index is 0.0126. The summed E-state index contributed by atoms with van der Waals surface area (Å²) in [4.78, 5) is 15.4. The number of carbonyl (C=O) groups excluding carboxylic acids is 1. The van der Waals surface area contributed by atoms with E-state index in [-0.39, 0.29) is 11.8 Å². The molecule has 2 heterocycles. The average molecular weight is 212 g/mol. The average Bonchev–Trinajstić information content (AvgIpc) is 2.06. The van der Waals surface area contributed by atoms with Crippen LogP contribution in [0, 0.1) is 5.92 Å². The highest BCUT2D eigenvalue weighted by Gasteiger charge is 2.24. The molecule has 1 aliphatic heterocycles. The molecule has 0 saturated carbocycles. The van der Waals surface area contributed by atoms with Crippen LogP contribution in [0.15, 0.2) is 18.3 Å². The van der Waals surface area contributed by atoms with Crippen LogP contribution in [0.2, 0.25) is 5.02 Å². The van der Waals surface area contributed by atoms with Crippen LogP contribution in [0.3, 0.4) is 0 Å². The van der Waals surface area contributed by atoms with Gasteiger partial charge in [-0.2, -0.15) is 0 Å². The van der Waals surface area contributed by atoms with E-state index in [0.29, 0.717) is 10.8 Å². The smallest absolute Gasteiger partial charge is 0.231 e. The Morgan fingerprint density at radius 1 is 1.57 bits per heavy atom. The summed E-state index contributed by atoms with van der Waals surface area (Å²) in [5, 5.41) is 6.32. The first-order chi connectivity index (χ1) is 6.75. The number of carbonyl (C=O) groups is 1. The maximum atomic E-state index is 11.5. The minimum Gasteiger partial charge on any atom is -0.315 e. The monoisotopic (exact) mass is 211 g/mol. The zero-order valence-electron chi connectivity index (χ0n) is 7.46. The molecule has 2 rings (SSSR count). The molecule has 1 fully saturated rings. The number of nitrogens with zero attached hydrogens (tertiary/aromatic N) is 1. The Kier molecular flexibility index (Phi) is 2.65. The first-order valence-electron chi connectivity index (χ1n) is 4.39. The molecule has 0 aliphatic carbocycles. The number of rotatable bonds is 2. The summed E-state index contributed by atoms with van der Waals surface area (Å²) in [5.41, 5.74) is 0. The van der Waals surface area contributed by atoms with Crippen LogP contribution < -0.4 is 10.6 Å². The lowest BCUT2D eigenvalue weighted by molar-refractivity contribution is -0.121. The Morgan fingerprint density at radius 2 is 2.36 bits per heavy atom. The highest BCUT2D eigenvalue weighted by molar-refractivity contribution is 6.30. The third-order valence-electron chi connectivity index (χ3n) is 2.13. The van der Waals surface area contributed by atoms with Gasteiger partial charge >= 0.3 is 0 Å². The van der Waals surface area contributed by atoms with E-state index in [1.54, 1.807) is 12.1 Å². The van der Waals surface area contributed by atoms with Crippen molar-refractivity contribution in [2.75, 3.05) is 18.4 Å². The molecule has 5 heteroatoms. The van der Waals surface area contributed by atoms with Crippen molar-refractivity contribution >= 4 is 23.3 Å². The Labute approximate surface area is 86.7 Å². The summed E-state index contributed by atoms with van der Waals surface area (Å²) in [6.07, 6.45) is 1.51. The molecule has 0 bridgehead atoms. The second-order valence-corrected chi connectivity index (χ2v) is 3.64. The molecule has 0 aromatic carbocycles. The van der Waals surface area contributed by atoms with Crippen LogP contribution in [0.25, 0.3) is 0 Å². The van der Waals surface area contributed by atoms with E-state index in [9.17, 15) is 4.79 Å². The van der Waals surface area contributed by atoms with Gasteiger partial charge in [0.05, 0.1) is 10.9 Å². The molecule has 0 spiro atoms. The van der Waals surface area contributed by atoms with E-state index in [1.165, 1.54) is 6.20 Å². The summed E-state index contributed by atoms with van der Waals surface area (Å²) in [6, 6.07) is 3.38. The Morgan fingerprint density at radius 3 is 2.86 bits per heavy atom. The first-order valence-corrected chi connectivity index (χ1v) is 4.76. The van der Waals surface area contributed by atoms with Crippen LogP contribution in [0.5, 0.6) is 0 Å². The Hall–Kier alpha value is -1.13. The SMILES string of the molecule is O=C(Nc1ccc(Cl)cn1)C1CNC1. The van der Waals surface area contributed by atoms with E-state index in [4.69, 9.17) is 11.6 Å². The number of hydrogen-bond donors (Lipinski definition) is 2. The van der Waals surface area contributed by atoms with E-state index >= 15 is 0 Å². The van der Waals surface area contributed by atoms with Gasteiger partial charge in [0, 0.05) is 19.3 Å². The van der Waals surface area contributed by atoms with Crippen molar-refractivity contribution in [1.82, 2.24) is 10.3 Å². The molecule has 0 atom stereocenters. The van der Waals surface area contributed by atoms with Crippen molar-refractivity contribution in [2.45, 2.75) is 0 Å². The van der Waals surface area contributed by atoms with Gasteiger partial charge in [-0.1, -0.05) is 11.6 Å². The molecule has 0 radical (unpaired) electrons. The molecule has 74 valence electrons. The van der Waals surface area contributed by atoms with E-state index in [1.807, 2.05) is 0 Å². The maximum absolute atomic E-state index is 11.5.